The first-order valence-electron chi connectivity index (χ1n) is 7.42. The van der Waals surface area contributed by atoms with Gasteiger partial charge in [-0.2, -0.15) is 5.26 Å². The first-order chi connectivity index (χ1) is 11.7. The highest BCUT2D eigenvalue weighted by Crippen LogP contribution is 2.29. The third-order valence-corrected chi connectivity index (χ3v) is 3.36. The molecule has 2 rings (SSSR count). The Morgan fingerprint density at radius 3 is 2.71 bits per heavy atom. The molecule has 0 radical (unpaired) electrons. The van der Waals surface area contributed by atoms with Gasteiger partial charge in [0, 0.05) is 24.7 Å². The Balaban J connectivity index is 1.88. The van der Waals surface area contributed by atoms with E-state index in [0.29, 0.717) is 29.3 Å². The van der Waals surface area contributed by atoms with Gasteiger partial charge < -0.3 is 20.1 Å². The fraction of sp³-hybridized carbons (Fsp3) is 0.222. The minimum atomic E-state index is -0.137. The molecule has 0 unspecified atom stereocenters. The molecule has 0 saturated carbocycles. The van der Waals surface area contributed by atoms with Gasteiger partial charge in [0.25, 0.3) is 0 Å². The van der Waals surface area contributed by atoms with Crippen LogP contribution in [0.1, 0.15) is 12.0 Å². The van der Waals surface area contributed by atoms with Gasteiger partial charge in [0.15, 0.2) is 0 Å². The van der Waals surface area contributed by atoms with Crippen molar-refractivity contribution in [3.8, 4) is 17.6 Å². The van der Waals surface area contributed by atoms with Crippen LogP contribution in [0.5, 0.6) is 11.5 Å². The number of carbonyl (C=O) groups excluding carboxylic acids is 1. The monoisotopic (exact) mass is 325 g/mol. The Hall–Kier alpha value is -3.20. The van der Waals surface area contributed by atoms with Gasteiger partial charge in [0.2, 0.25) is 5.91 Å². The average molecular weight is 325 g/mol. The number of rotatable bonds is 7. The second-order valence-corrected chi connectivity index (χ2v) is 4.98. The highest BCUT2D eigenvalue weighted by molar-refractivity contribution is 5.92. The van der Waals surface area contributed by atoms with Crippen LogP contribution in [0.3, 0.4) is 0 Å². The summed E-state index contributed by atoms with van der Waals surface area (Å²) < 4.78 is 10.4. The van der Waals surface area contributed by atoms with Crippen LogP contribution < -0.4 is 20.1 Å². The van der Waals surface area contributed by atoms with Crippen molar-refractivity contribution in [1.29, 1.82) is 5.26 Å². The molecule has 1 amide bonds. The summed E-state index contributed by atoms with van der Waals surface area (Å²) in [5.41, 5.74) is 1.98. The van der Waals surface area contributed by atoms with E-state index in [1.165, 1.54) is 7.11 Å². The van der Waals surface area contributed by atoms with Crippen LogP contribution in [0.4, 0.5) is 11.4 Å². The van der Waals surface area contributed by atoms with E-state index in [2.05, 4.69) is 16.7 Å². The van der Waals surface area contributed by atoms with Crippen LogP contribution >= 0.6 is 0 Å². The third kappa shape index (κ3) is 4.65. The molecule has 0 fully saturated rings. The molecule has 2 N–H and O–H groups in total. The van der Waals surface area contributed by atoms with Crippen LogP contribution in [-0.4, -0.2) is 26.7 Å². The summed E-state index contributed by atoms with van der Waals surface area (Å²) in [5, 5.41) is 14.8. The fourth-order valence-electron chi connectivity index (χ4n) is 2.13. The zero-order chi connectivity index (χ0) is 17.4. The van der Waals surface area contributed by atoms with Crippen LogP contribution in [0.15, 0.2) is 42.5 Å². The Morgan fingerprint density at radius 2 is 2.00 bits per heavy atom. The van der Waals surface area contributed by atoms with Crippen LogP contribution in [0.25, 0.3) is 0 Å². The molecule has 0 saturated heterocycles. The average Bonchev–Trinajstić information content (AvgIpc) is 2.62. The van der Waals surface area contributed by atoms with Crippen LogP contribution in [0, 0.1) is 11.3 Å². The van der Waals surface area contributed by atoms with E-state index in [1.807, 2.05) is 6.07 Å². The molecule has 0 aromatic heterocycles. The Kier molecular flexibility index (Phi) is 6.03. The number of carbonyl (C=O) groups is 1. The molecular weight excluding hydrogens is 306 g/mol. The molecule has 124 valence electrons. The molecule has 0 aliphatic carbocycles. The normalized spacial score (nSPS) is 9.71. The van der Waals surface area contributed by atoms with Gasteiger partial charge in [-0.15, -0.1) is 0 Å². The Morgan fingerprint density at radius 1 is 1.17 bits per heavy atom. The molecule has 0 atom stereocenters. The lowest BCUT2D eigenvalue weighted by Gasteiger charge is -2.12. The number of amides is 1. The number of nitriles is 1. The minimum absolute atomic E-state index is 0.137. The van der Waals surface area contributed by atoms with E-state index < -0.39 is 0 Å². The van der Waals surface area contributed by atoms with Crippen molar-refractivity contribution in [1.82, 2.24) is 0 Å². The largest absolute Gasteiger partial charge is 0.497 e. The highest BCUT2D eigenvalue weighted by Gasteiger charge is 2.08. The number of anilines is 2. The third-order valence-electron chi connectivity index (χ3n) is 3.36. The fourth-order valence-corrected chi connectivity index (χ4v) is 2.13. The Bertz CT molecular complexity index is 753. The lowest BCUT2D eigenvalue weighted by Crippen LogP contribution is -2.16. The van der Waals surface area contributed by atoms with Crippen molar-refractivity contribution < 1.29 is 14.3 Å². The van der Waals surface area contributed by atoms with Gasteiger partial charge in [0.1, 0.15) is 11.5 Å². The molecule has 0 heterocycles. The second kappa shape index (κ2) is 8.44. The number of methoxy groups -OCH3 is 2. The zero-order valence-corrected chi connectivity index (χ0v) is 13.6. The zero-order valence-electron chi connectivity index (χ0n) is 13.6. The first kappa shape index (κ1) is 17.2. The number of nitrogens with one attached hydrogen (secondary N) is 2. The predicted molar refractivity (Wildman–Crippen MR) is 92.4 cm³/mol. The molecule has 24 heavy (non-hydrogen) atoms. The summed E-state index contributed by atoms with van der Waals surface area (Å²) in [4.78, 5) is 12.1. The van der Waals surface area contributed by atoms with Gasteiger partial charge in [-0.25, -0.2) is 0 Å². The maximum Gasteiger partial charge on any atom is 0.226 e. The number of ether oxygens (including phenoxy) is 2. The molecule has 2 aromatic carbocycles. The van der Waals surface area contributed by atoms with Crippen molar-refractivity contribution >= 4 is 17.3 Å². The van der Waals surface area contributed by atoms with Gasteiger partial charge in [-0.05, 0) is 30.3 Å². The molecule has 0 aliphatic heterocycles. The summed E-state index contributed by atoms with van der Waals surface area (Å²) >= 11 is 0. The summed E-state index contributed by atoms with van der Waals surface area (Å²) in [6.45, 7) is 0.458. The number of benzene rings is 2. The van der Waals surface area contributed by atoms with Crippen molar-refractivity contribution in [3.05, 3.63) is 48.0 Å². The van der Waals surface area contributed by atoms with E-state index in [4.69, 9.17) is 14.7 Å². The molecule has 6 heteroatoms. The van der Waals surface area contributed by atoms with E-state index in [-0.39, 0.29) is 12.3 Å². The van der Waals surface area contributed by atoms with Gasteiger partial charge in [-0.1, -0.05) is 6.07 Å². The quantitative estimate of drug-likeness (QED) is 0.817. The standard InChI is InChI=1S/C18H19N3O3/c1-23-15-6-7-16(17(11-15)24-2)21-18(22)8-9-20-14-5-3-4-13(10-14)12-19/h3-7,10-11,20H,8-9H2,1-2H3,(H,21,22). The van der Waals surface area contributed by atoms with Crippen molar-refractivity contribution in [2.45, 2.75) is 6.42 Å². The van der Waals surface area contributed by atoms with Crippen molar-refractivity contribution in [2.24, 2.45) is 0 Å². The summed E-state index contributed by atoms with van der Waals surface area (Å²) in [5.74, 6) is 1.06. The van der Waals surface area contributed by atoms with E-state index in [0.717, 1.165) is 5.69 Å². The highest BCUT2D eigenvalue weighted by atomic mass is 16.5. The minimum Gasteiger partial charge on any atom is -0.497 e. The number of nitrogens with zero attached hydrogens (tertiary/aromatic N) is 1. The Labute approximate surface area is 141 Å². The van der Waals surface area contributed by atoms with Crippen LogP contribution in [-0.2, 0) is 4.79 Å². The van der Waals surface area contributed by atoms with E-state index in [1.54, 1.807) is 43.5 Å². The molecule has 0 aliphatic rings. The molecule has 2 aromatic rings. The number of hydrogen-bond acceptors (Lipinski definition) is 5. The molecular formula is C18H19N3O3. The predicted octanol–water partition coefficient (Wildman–Crippen LogP) is 3.02. The maximum atomic E-state index is 12.1. The van der Waals surface area contributed by atoms with Gasteiger partial charge >= 0.3 is 0 Å². The lowest BCUT2D eigenvalue weighted by atomic mass is 10.2. The van der Waals surface area contributed by atoms with Crippen LogP contribution in [0.2, 0.25) is 0 Å². The van der Waals surface area contributed by atoms with Gasteiger partial charge in [-0.3, -0.25) is 4.79 Å². The molecule has 6 nitrogen and oxygen atoms in total. The van der Waals surface area contributed by atoms with Gasteiger partial charge in [0.05, 0.1) is 31.5 Å². The lowest BCUT2D eigenvalue weighted by molar-refractivity contribution is -0.116. The summed E-state index contributed by atoms with van der Waals surface area (Å²) in [7, 11) is 3.11. The van der Waals surface area contributed by atoms with Crippen molar-refractivity contribution in [2.75, 3.05) is 31.4 Å². The molecule has 0 bridgehead atoms. The van der Waals surface area contributed by atoms with E-state index >= 15 is 0 Å². The maximum absolute atomic E-state index is 12.1. The second-order valence-electron chi connectivity index (χ2n) is 4.98. The summed E-state index contributed by atoms with van der Waals surface area (Å²) in [6, 6.07) is 14.4. The first-order valence-corrected chi connectivity index (χ1v) is 7.42. The smallest absolute Gasteiger partial charge is 0.226 e. The van der Waals surface area contributed by atoms with E-state index in [9.17, 15) is 4.79 Å². The number of hydrogen-bond donors (Lipinski definition) is 2. The van der Waals surface area contributed by atoms with Crippen molar-refractivity contribution in [3.63, 3.8) is 0 Å². The summed E-state index contributed by atoms with van der Waals surface area (Å²) in [6.07, 6.45) is 0.284. The SMILES string of the molecule is COc1ccc(NC(=O)CCNc2cccc(C#N)c2)c(OC)c1. The molecule has 0 spiro atoms. The topological polar surface area (TPSA) is 83.4 Å².